The van der Waals surface area contributed by atoms with Crippen LogP contribution >= 0.6 is 0 Å². The number of carboxylic acids is 2. The average Bonchev–Trinajstić information content (AvgIpc) is 2.47. The minimum atomic E-state index is -0.826. The highest BCUT2D eigenvalue weighted by atomic mass is 16.4. The third-order valence-corrected chi connectivity index (χ3v) is 3.86. The van der Waals surface area contributed by atoms with Crippen LogP contribution in [-0.4, -0.2) is 46.7 Å². The summed E-state index contributed by atoms with van der Waals surface area (Å²) in [6.07, 6.45) is 11.4. The second-order valence-electron chi connectivity index (χ2n) is 5.96. The van der Waals surface area contributed by atoms with Gasteiger partial charge in [-0.3, -0.25) is 9.59 Å². The lowest BCUT2D eigenvalue weighted by Gasteiger charge is -2.20. The molecule has 0 rings (SSSR count). The Kier molecular flexibility index (Phi) is 14.1. The van der Waals surface area contributed by atoms with E-state index in [2.05, 4.69) is 6.92 Å². The SMILES string of the molecule is CCCCCCCCCCCN(CCC(=O)O)CCC(=O)O. The summed E-state index contributed by atoms with van der Waals surface area (Å²) < 4.78 is 0. The van der Waals surface area contributed by atoms with Crippen molar-refractivity contribution in [3.63, 3.8) is 0 Å². The molecular weight excluding hydrogens is 282 g/mol. The summed E-state index contributed by atoms with van der Waals surface area (Å²) in [5.41, 5.74) is 0. The van der Waals surface area contributed by atoms with Crippen LogP contribution in [0.1, 0.15) is 77.6 Å². The van der Waals surface area contributed by atoms with E-state index in [9.17, 15) is 9.59 Å². The molecule has 0 saturated carbocycles. The van der Waals surface area contributed by atoms with E-state index >= 15 is 0 Å². The highest BCUT2D eigenvalue weighted by Gasteiger charge is 2.09. The van der Waals surface area contributed by atoms with E-state index in [0.717, 1.165) is 19.4 Å². The number of aliphatic carboxylic acids is 2. The Bertz CT molecular complexity index is 276. The minimum Gasteiger partial charge on any atom is -0.481 e. The maximum atomic E-state index is 10.6. The van der Waals surface area contributed by atoms with Crippen LogP contribution in [0.2, 0.25) is 0 Å². The molecule has 0 saturated heterocycles. The van der Waals surface area contributed by atoms with Gasteiger partial charge in [-0.1, -0.05) is 58.3 Å². The van der Waals surface area contributed by atoms with E-state index in [1.54, 1.807) is 0 Å². The fourth-order valence-electron chi connectivity index (χ4n) is 2.49. The van der Waals surface area contributed by atoms with Crippen molar-refractivity contribution >= 4 is 11.9 Å². The average molecular weight is 315 g/mol. The largest absolute Gasteiger partial charge is 0.481 e. The fraction of sp³-hybridized carbons (Fsp3) is 0.882. The van der Waals surface area contributed by atoms with Gasteiger partial charge in [0.05, 0.1) is 12.8 Å². The molecular formula is C17H33NO4. The van der Waals surface area contributed by atoms with Crippen molar-refractivity contribution in [1.29, 1.82) is 0 Å². The van der Waals surface area contributed by atoms with Crippen LogP contribution < -0.4 is 0 Å². The number of rotatable bonds is 16. The third-order valence-electron chi connectivity index (χ3n) is 3.86. The van der Waals surface area contributed by atoms with Crippen molar-refractivity contribution < 1.29 is 19.8 Å². The molecule has 0 bridgehead atoms. The number of nitrogens with zero attached hydrogens (tertiary/aromatic N) is 1. The molecule has 0 heterocycles. The maximum absolute atomic E-state index is 10.6. The fourth-order valence-corrected chi connectivity index (χ4v) is 2.49. The lowest BCUT2D eigenvalue weighted by Crippen LogP contribution is -2.30. The van der Waals surface area contributed by atoms with Crippen molar-refractivity contribution in [1.82, 2.24) is 4.90 Å². The zero-order chi connectivity index (χ0) is 16.6. The molecule has 0 aromatic carbocycles. The molecule has 22 heavy (non-hydrogen) atoms. The topological polar surface area (TPSA) is 77.8 Å². The Hall–Kier alpha value is -1.10. The lowest BCUT2D eigenvalue weighted by atomic mass is 10.1. The first-order chi connectivity index (χ1) is 10.6. The van der Waals surface area contributed by atoms with E-state index < -0.39 is 11.9 Å². The van der Waals surface area contributed by atoms with Gasteiger partial charge in [-0.05, 0) is 13.0 Å². The van der Waals surface area contributed by atoms with Crippen LogP contribution in [-0.2, 0) is 9.59 Å². The first-order valence-corrected chi connectivity index (χ1v) is 8.72. The molecule has 0 aliphatic heterocycles. The summed E-state index contributed by atoms with van der Waals surface area (Å²) in [6.45, 7) is 3.91. The van der Waals surface area contributed by atoms with Gasteiger partial charge in [0.15, 0.2) is 0 Å². The molecule has 5 nitrogen and oxygen atoms in total. The van der Waals surface area contributed by atoms with Crippen LogP contribution in [0.4, 0.5) is 0 Å². The zero-order valence-corrected chi connectivity index (χ0v) is 14.1. The van der Waals surface area contributed by atoms with Crippen LogP contribution in [0, 0.1) is 0 Å². The van der Waals surface area contributed by atoms with Gasteiger partial charge in [-0.15, -0.1) is 0 Å². The molecule has 0 atom stereocenters. The molecule has 130 valence electrons. The van der Waals surface area contributed by atoms with E-state index in [4.69, 9.17) is 10.2 Å². The predicted octanol–water partition coefficient (Wildman–Crippen LogP) is 3.77. The van der Waals surface area contributed by atoms with Gasteiger partial charge in [0.2, 0.25) is 0 Å². The Balaban J connectivity index is 3.64. The Morgan fingerprint density at radius 1 is 0.682 bits per heavy atom. The van der Waals surface area contributed by atoms with E-state index in [1.807, 2.05) is 4.90 Å². The van der Waals surface area contributed by atoms with Crippen molar-refractivity contribution in [2.24, 2.45) is 0 Å². The van der Waals surface area contributed by atoms with Gasteiger partial charge in [0.25, 0.3) is 0 Å². The standard InChI is InChI=1S/C17H33NO4/c1-2-3-4-5-6-7-8-9-10-13-18(14-11-16(19)20)15-12-17(21)22/h2-15H2,1H3,(H,19,20)(H,21,22). The number of carbonyl (C=O) groups is 2. The molecule has 0 aliphatic rings. The van der Waals surface area contributed by atoms with Crippen molar-refractivity contribution in [3.8, 4) is 0 Å². The summed E-state index contributed by atoms with van der Waals surface area (Å²) in [6, 6.07) is 0. The molecule has 0 spiro atoms. The lowest BCUT2D eigenvalue weighted by molar-refractivity contribution is -0.137. The summed E-state index contributed by atoms with van der Waals surface area (Å²) in [4.78, 5) is 23.2. The van der Waals surface area contributed by atoms with Crippen molar-refractivity contribution in [2.45, 2.75) is 77.6 Å². The van der Waals surface area contributed by atoms with E-state index in [1.165, 1.54) is 44.9 Å². The molecule has 0 amide bonds. The zero-order valence-electron chi connectivity index (χ0n) is 14.1. The summed E-state index contributed by atoms with van der Waals surface area (Å²) in [5, 5.41) is 17.5. The number of hydrogen-bond acceptors (Lipinski definition) is 3. The Morgan fingerprint density at radius 2 is 1.09 bits per heavy atom. The Labute approximate surface area is 134 Å². The van der Waals surface area contributed by atoms with Crippen molar-refractivity contribution in [3.05, 3.63) is 0 Å². The van der Waals surface area contributed by atoms with Gasteiger partial charge in [0, 0.05) is 13.1 Å². The molecule has 0 aliphatic carbocycles. The Morgan fingerprint density at radius 3 is 1.50 bits per heavy atom. The smallest absolute Gasteiger partial charge is 0.304 e. The van der Waals surface area contributed by atoms with E-state index in [-0.39, 0.29) is 12.8 Å². The van der Waals surface area contributed by atoms with Crippen LogP contribution in [0.25, 0.3) is 0 Å². The normalized spacial score (nSPS) is 11.0. The predicted molar refractivity (Wildman–Crippen MR) is 88.2 cm³/mol. The van der Waals surface area contributed by atoms with Crippen LogP contribution in [0.5, 0.6) is 0 Å². The molecule has 5 heteroatoms. The summed E-state index contributed by atoms with van der Waals surface area (Å²) in [5.74, 6) is -1.65. The highest BCUT2D eigenvalue weighted by molar-refractivity contribution is 5.67. The molecule has 0 radical (unpaired) electrons. The maximum Gasteiger partial charge on any atom is 0.304 e. The third kappa shape index (κ3) is 15.3. The molecule has 0 aromatic rings. The first kappa shape index (κ1) is 20.9. The van der Waals surface area contributed by atoms with Crippen LogP contribution in [0.15, 0.2) is 0 Å². The summed E-state index contributed by atoms with van der Waals surface area (Å²) >= 11 is 0. The quantitative estimate of drug-likeness (QED) is 0.424. The highest BCUT2D eigenvalue weighted by Crippen LogP contribution is 2.10. The monoisotopic (exact) mass is 315 g/mol. The van der Waals surface area contributed by atoms with E-state index in [0.29, 0.717) is 13.1 Å². The number of hydrogen-bond donors (Lipinski definition) is 2. The van der Waals surface area contributed by atoms with Gasteiger partial charge in [0.1, 0.15) is 0 Å². The number of carboxylic acid groups (broad SMARTS) is 2. The molecule has 2 N–H and O–H groups in total. The number of unbranched alkanes of at least 4 members (excludes halogenated alkanes) is 8. The van der Waals surface area contributed by atoms with Crippen molar-refractivity contribution in [2.75, 3.05) is 19.6 Å². The van der Waals surface area contributed by atoms with Gasteiger partial charge in [-0.25, -0.2) is 0 Å². The van der Waals surface area contributed by atoms with Gasteiger partial charge < -0.3 is 15.1 Å². The van der Waals surface area contributed by atoms with Gasteiger partial charge in [-0.2, -0.15) is 0 Å². The molecule has 0 unspecified atom stereocenters. The second kappa shape index (κ2) is 14.8. The second-order valence-corrected chi connectivity index (χ2v) is 5.96. The molecule has 0 aromatic heterocycles. The van der Waals surface area contributed by atoms with Gasteiger partial charge >= 0.3 is 11.9 Å². The van der Waals surface area contributed by atoms with Crippen LogP contribution in [0.3, 0.4) is 0 Å². The summed E-state index contributed by atoms with van der Waals surface area (Å²) in [7, 11) is 0. The minimum absolute atomic E-state index is 0.0804. The first-order valence-electron chi connectivity index (χ1n) is 8.72. The molecule has 0 fully saturated rings.